The van der Waals surface area contributed by atoms with Gasteiger partial charge in [-0.15, -0.1) is 5.10 Å². The van der Waals surface area contributed by atoms with Crippen LogP contribution in [-0.4, -0.2) is 58.7 Å². The molecule has 0 bridgehead atoms. The third-order valence-corrected chi connectivity index (χ3v) is 9.77. The Morgan fingerprint density at radius 1 is 1.00 bits per heavy atom. The highest BCUT2D eigenvalue weighted by Crippen LogP contribution is 2.31. The van der Waals surface area contributed by atoms with Gasteiger partial charge in [-0.1, -0.05) is 50.5 Å². The van der Waals surface area contributed by atoms with E-state index in [0.717, 1.165) is 32.1 Å². The Bertz CT molecular complexity index is 1610. The number of furan rings is 1. The Balaban J connectivity index is 1.55. The second-order valence-electron chi connectivity index (χ2n) is 10.3. The summed E-state index contributed by atoms with van der Waals surface area (Å²) in [6.45, 7) is 4.02. The highest BCUT2D eigenvalue weighted by atomic mass is 32.2. The van der Waals surface area contributed by atoms with Gasteiger partial charge in [0.15, 0.2) is 6.04 Å². The minimum Gasteiger partial charge on any atom is -0.467 e. The Morgan fingerprint density at radius 2 is 1.71 bits per heavy atom. The van der Waals surface area contributed by atoms with Crippen LogP contribution in [0.2, 0.25) is 0 Å². The van der Waals surface area contributed by atoms with E-state index in [4.69, 9.17) is 4.42 Å². The van der Waals surface area contributed by atoms with Crippen LogP contribution in [0, 0.1) is 0 Å². The summed E-state index contributed by atoms with van der Waals surface area (Å²) in [5.74, 6) is -0.515. The summed E-state index contributed by atoms with van der Waals surface area (Å²) in [5, 5.41) is 11.5. The highest BCUT2D eigenvalue weighted by Gasteiger charge is 2.36. The lowest BCUT2D eigenvalue weighted by Crippen LogP contribution is -2.48. The zero-order chi connectivity index (χ0) is 29.7. The van der Waals surface area contributed by atoms with Crippen molar-refractivity contribution in [2.45, 2.75) is 69.5 Å². The average Bonchev–Trinajstić information content (AvgIpc) is 3.67. The lowest BCUT2D eigenvalue weighted by molar-refractivity contribution is -0.128. The lowest BCUT2D eigenvalue weighted by Gasteiger charge is -2.32. The maximum absolute atomic E-state index is 14.2. The van der Waals surface area contributed by atoms with Crippen molar-refractivity contribution in [3.05, 3.63) is 72.7 Å². The number of nitrogens with zero attached hydrogens (tertiary/aromatic N) is 5. The van der Waals surface area contributed by atoms with Gasteiger partial charge in [0.2, 0.25) is 15.9 Å². The zero-order valence-electron chi connectivity index (χ0n) is 23.8. The van der Waals surface area contributed by atoms with Crippen molar-refractivity contribution in [1.29, 1.82) is 0 Å². The van der Waals surface area contributed by atoms with Crippen molar-refractivity contribution in [3.8, 4) is 0 Å². The van der Waals surface area contributed by atoms with Gasteiger partial charge in [0.05, 0.1) is 16.7 Å². The predicted octanol–water partition coefficient (Wildman–Crippen LogP) is 4.28. The molecule has 42 heavy (non-hydrogen) atoms. The summed E-state index contributed by atoms with van der Waals surface area (Å²) >= 11 is 0. The summed E-state index contributed by atoms with van der Waals surface area (Å²) in [5.41, 5.74) is 1.66. The number of benzene rings is 2. The van der Waals surface area contributed by atoms with Gasteiger partial charge in [0.1, 0.15) is 17.8 Å². The van der Waals surface area contributed by atoms with Gasteiger partial charge in [0, 0.05) is 24.8 Å². The van der Waals surface area contributed by atoms with E-state index >= 15 is 0 Å². The summed E-state index contributed by atoms with van der Waals surface area (Å²) in [6, 6.07) is 15.5. The molecule has 1 aliphatic rings. The number of para-hydroxylation sites is 1. The molecule has 0 radical (unpaired) electrons. The molecule has 1 aliphatic carbocycles. The van der Waals surface area contributed by atoms with Gasteiger partial charge >= 0.3 is 0 Å². The van der Waals surface area contributed by atoms with Crippen molar-refractivity contribution in [2.24, 2.45) is 0 Å². The minimum atomic E-state index is -3.72. The number of amides is 2. The Kier molecular flexibility index (Phi) is 9.03. The zero-order valence-corrected chi connectivity index (χ0v) is 24.7. The van der Waals surface area contributed by atoms with Crippen molar-refractivity contribution in [1.82, 2.24) is 24.6 Å². The summed E-state index contributed by atoms with van der Waals surface area (Å²) < 4.78 is 34.9. The van der Waals surface area contributed by atoms with Gasteiger partial charge in [-0.25, -0.2) is 13.1 Å². The van der Waals surface area contributed by atoms with Crippen LogP contribution in [0.3, 0.4) is 0 Å². The third-order valence-electron chi connectivity index (χ3n) is 7.70. The van der Waals surface area contributed by atoms with E-state index in [-0.39, 0.29) is 23.4 Å². The van der Waals surface area contributed by atoms with Crippen LogP contribution in [0.25, 0.3) is 11.0 Å². The first-order valence-corrected chi connectivity index (χ1v) is 15.8. The Hall–Kier alpha value is -4.03. The monoisotopic (exact) mass is 592 g/mol. The number of aromatic nitrogens is 3. The molecule has 0 aliphatic heterocycles. The number of carbonyl (C=O) groups excluding carboxylic acids is 2. The van der Waals surface area contributed by atoms with Crippen LogP contribution in [0.4, 0.5) is 5.69 Å². The fourth-order valence-corrected chi connectivity index (χ4v) is 6.97. The largest absolute Gasteiger partial charge is 0.467 e. The van der Waals surface area contributed by atoms with Gasteiger partial charge in [0.25, 0.3) is 5.91 Å². The minimum absolute atomic E-state index is 0.00140. The molecule has 4 aromatic rings. The summed E-state index contributed by atoms with van der Waals surface area (Å²) in [7, 11) is -3.72. The SMILES string of the molecule is CCN(CC)S(=O)(=O)c1ccc(N(C(=O)Cn2nnc3ccccc32)C(C(=O)NC2CCCCC2)c2ccco2)cc1. The number of anilines is 1. The van der Waals surface area contributed by atoms with Crippen LogP contribution < -0.4 is 10.2 Å². The fourth-order valence-electron chi connectivity index (χ4n) is 5.51. The molecule has 2 amide bonds. The first kappa shape index (κ1) is 29.5. The number of hydrogen-bond acceptors (Lipinski definition) is 7. The first-order valence-electron chi connectivity index (χ1n) is 14.4. The molecule has 1 unspecified atom stereocenters. The number of carbonyl (C=O) groups is 2. The highest BCUT2D eigenvalue weighted by molar-refractivity contribution is 7.89. The van der Waals surface area contributed by atoms with Crippen LogP contribution in [-0.2, 0) is 26.2 Å². The molecular weight excluding hydrogens is 556 g/mol. The molecule has 12 heteroatoms. The molecule has 5 rings (SSSR count). The van der Waals surface area contributed by atoms with E-state index in [9.17, 15) is 18.0 Å². The number of sulfonamides is 1. The predicted molar refractivity (Wildman–Crippen MR) is 158 cm³/mol. The molecule has 11 nitrogen and oxygen atoms in total. The van der Waals surface area contributed by atoms with Crippen molar-refractivity contribution in [3.63, 3.8) is 0 Å². The number of rotatable bonds is 11. The van der Waals surface area contributed by atoms with Gasteiger partial charge in [-0.3, -0.25) is 14.5 Å². The molecule has 2 aromatic heterocycles. The van der Waals surface area contributed by atoms with Gasteiger partial charge < -0.3 is 9.73 Å². The molecule has 222 valence electrons. The second kappa shape index (κ2) is 12.9. The van der Waals surface area contributed by atoms with Crippen LogP contribution in [0.15, 0.2) is 76.2 Å². The van der Waals surface area contributed by atoms with Crippen LogP contribution >= 0.6 is 0 Å². The topological polar surface area (TPSA) is 131 Å². The molecule has 0 saturated heterocycles. The molecule has 0 spiro atoms. The van der Waals surface area contributed by atoms with Gasteiger partial charge in [-0.2, -0.15) is 4.31 Å². The van der Waals surface area contributed by atoms with E-state index in [0.29, 0.717) is 35.6 Å². The van der Waals surface area contributed by atoms with E-state index < -0.39 is 22.0 Å². The van der Waals surface area contributed by atoms with E-state index in [1.165, 1.54) is 32.3 Å². The lowest BCUT2D eigenvalue weighted by atomic mass is 9.95. The van der Waals surface area contributed by atoms with E-state index in [1.807, 2.05) is 18.2 Å². The fraction of sp³-hybridized carbons (Fsp3) is 0.400. The van der Waals surface area contributed by atoms with Crippen molar-refractivity contribution < 1.29 is 22.4 Å². The summed E-state index contributed by atoms with van der Waals surface area (Å²) in [4.78, 5) is 29.6. The second-order valence-corrected chi connectivity index (χ2v) is 12.3. The Labute approximate surface area is 245 Å². The third kappa shape index (κ3) is 6.09. The standard InChI is InChI=1S/C30H36N6O5S/c1-3-34(4-2)42(39,40)24-18-16-23(17-19-24)36(28(37)21-35-26-14-9-8-13-25(26)32-33-35)29(27-15-10-20-41-27)30(38)31-22-11-6-5-7-12-22/h8-10,13-20,22,29H,3-7,11-12,21H2,1-2H3,(H,31,38). The number of nitrogens with one attached hydrogen (secondary N) is 1. The maximum Gasteiger partial charge on any atom is 0.251 e. The maximum atomic E-state index is 14.2. The Morgan fingerprint density at radius 3 is 2.38 bits per heavy atom. The number of hydrogen-bond donors (Lipinski definition) is 1. The average molecular weight is 593 g/mol. The molecule has 1 fully saturated rings. The van der Waals surface area contributed by atoms with E-state index in [1.54, 1.807) is 44.2 Å². The quantitative estimate of drug-likeness (QED) is 0.275. The molecule has 1 N–H and O–H groups in total. The molecular formula is C30H36N6O5S. The summed E-state index contributed by atoms with van der Waals surface area (Å²) in [6.07, 6.45) is 6.39. The number of fused-ring (bicyclic) bond motifs is 1. The molecule has 2 heterocycles. The molecule has 1 saturated carbocycles. The molecule has 2 aromatic carbocycles. The normalized spacial score (nSPS) is 15.1. The van der Waals surface area contributed by atoms with Crippen molar-refractivity contribution >= 4 is 38.6 Å². The van der Waals surface area contributed by atoms with E-state index in [2.05, 4.69) is 15.6 Å². The van der Waals surface area contributed by atoms with Crippen LogP contribution in [0.5, 0.6) is 0 Å². The smallest absolute Gasteiger partial charge is 0.251 e. The molecule has 1 atom stereocenters. The van der Waals surface area contributed by atoms with Gasteiger partial charge in [-0.05, 0) is 61.4 Å². The van der Waals surface area contributed by atoms with Crippen LogP contribution in [0.1, 0.15) is 57.8 Å². The van der Waals surface area contributed by atoms with Crippen molar-refractivity contribution in [2.75, 3.05) is 18.0 Å². The first-order chi connectivity index (χ1) is 20.3.